The molecule has 19 heavy (non-hydrogen) atoms. The molecule has 0 bridgehead atoms. The molecule has 0 aliphatic carbocycles. The third kappa shape index (κ3) is 2.85. The van der Waals surface area contributed by atoms with Crippen LogP contribution in [0.2, 0.25) is 5.02 Å². The van der Waals surface area contributed by atoms with E-state index in [0.717, 1.165) is 11.6 Å². The van der Waals surface area contributed by atoms with Crippen molar-refractivity contribution >= 4 is 17.6 Å². The molecule has 98 valence electrons. The number of rotatable bonds is 3. The van der Waals surface area contributed by atoms with Crippen molar-refractivity contribution in [1.82, 2.24) is 0 Å². The number of benzene rings is 2. The highest BCUT2D eigenvalue weighted by Gasteiger charge is 2.18. The van der Waals surface area contributed by atoms with E-state index in [0.29, 0.717) is 10.8 Å². The first-order valence-electron chi connectivity index (χ1n) is 5.45. The summed E-state index contributed by atoms with van der Waals surface area (Å²) in [5.41, 5.74) is 0.270. The third-order valence-electron chi connectivity index (χ3n) is 2.56. The summed E-state index contributed by atoms with van der Waals surface area (Å²) in [7, 11) is 0. The number of ether oxygens (including phenoxy) is 1. The molecule has 0 unspecified atom stereocenters. The van der Waals surface area contributed by atoms with Crippen LogP contribution in [0.15, 0.2) is 36.4 Å². The first-order valence-corrected chi connectivity index (χ1v) is 5.82. The van der Waals surface area contributed by atoms with Gasteiger partial charge in [0.15, 0.2) is 0 Å². The average molecular weight is 281 g/mol. The van der Waals surface area contributed by atoms with Gasteiger partial charge < -0.3 is 9.84 Å². The Bertz CT molecular complexity index is 641. The van der Waals surface area contributed by atoms with Crippen molar-refractivity contribution in [2.24, 2.45) is 0 Å². The lowest BCUT2D eigenvalue weighted by molar-refractivity contribution is 0.0689. The molecule has 0 aromatic heterocycles. The zero-order chi connectivity index (χ0) is 14.0. The predicted octanol–water partition coefficient (Wildman–Crippen LogP) is 4.28. The molecular weight excluding hydrogens is 271 g/mol. The second kappa shape index (κ2) is 5.28. The van der Waals surface area contributed by atoms with Gasteiger partial charge in [0.05, 0.1) is 0 Å². The van der Waals surface area contributed by atoms with Gasteiger partial charge in [-0.05, 0) is 36.8 Å². The lowest BCUT2D eigenvalue weighted by Crippen LogP contribution is -2.03. The fraction of sp³-hybridized carbons (Fsp3) is 0.0714. The fourth-order valence-corrected chi connectivity index (χ4v) is 1.76. The van der Waals surface area contributed by atoms with Crippen LogP contribution in [0.25, 0.3) is 0 Å². The topological polar surface area (TPSA) is 46.5 Å². The van der Waals surface area contributed by atoms with Crippen molar-refractivity contribution in [3.05, 3.63) is 58.4 Å². The summed E-state index contributed by atoms with van der Waals surface area (Å²) < 4.78 is 19.0. The van der Waals surface area contributed by atoms with E-state index in [2.05, 4.69) is 0 Å². The van der Waals surface area contributed by atoms with E-state index in [-0.39, 0.29) is 5.75 Å². The van der Waals surface area contributed by atoms with E-state index < -0.39 is 17.3 Å². The molecule has 0 radical (unpaired) electrons. The molecule has 0 fully saturated rings. The van der Waals surface area contributed by atoms with Gasteiger partial charge in [0.2, 0.25) is 0 Å². The maximum absolute atomic E-state index is 13.5. The van der Waals surface area contributed by atoms with Gasteiger partial charge >= 0.3 is 5.97 Å². The summed E-state index contributed by atoms with van der Waals surface area (Å²) in [5, 5.41) is 9.45. The molecule has 0 amide bonds. The second-order valence-electron chi connectivity index (χ2n) is 3.93. The van der Waals surface area contributed by atoms with E-state index in [1.165, 1.54) is 12.1 Å². The number of carboxylic acid groups (broad SMARTS) is 1. The van der Waals surface area contributed by atoms with Crippen molar-refractivity contribution in [2.45, 2.75) is 6.92 Å². The summed E-state index contributed by atoms with van der Waals surface area (Å²) in [6.07, 6.45) is 0. The van der Waals surface area contributed by atoms with Crippen LogP contribution in [-0.4, -0.2) is 11.1 Å². The van der Waals surface area contributed by atoms with Gasteiger partial charge in [-0.2, -0.15) is 0 Å². The highest BCUT2D eigenvalue weighted by molar-refractivity contribution is 6.30. The minimum absolute atomic E-state index is 0.0575. The van der Waals surface area contributed by atoms with Crippen LogP contribution in [0.5, 0.6) is 11.5 Å². The van der Waals surface area contributed by atoms with Crippen LogP contribution in [0.1, 0.15) is 15.9 Å². The number of hydrogen-bond acceptors (Lipinski definition) is 2. The van der Waals surface area contributed by atoms with E-state index in [1.54, 1.807) is 25.1 Å². The number of hydrogen-bond donors (Lipinski definition) is 1. The lowest BCUT2D eigenvalue weighted by Gasteiger charge is -2.11. The van der Waals surface area contributed by atoms with E-state index >= 15 is 0 Å². The number of aromatic carboxylic acids is 1. The molecule has 0 spiro atoms. The van der Waals surface area contributed by atoms with Gasteiger partial charge in [-0.3, -0.25) is 0 Å². The summed E-state index contributed by atoms with van der Waals surface area (Å²) in [6, 6.07) is 8.82. The molecule has 0 saturated heterocycles. The van der Waals surface area contributed by atoms with Gasteiger partial charge in [-0.1, -0.05) is 23.7 Å². The molecule has 0 heterocycles. The third-order valence-corrected chi connectivity index (χ3v) is 2.79. The first kappa shape index (κ1) is 13.4. The van der Waals surface area contributed by atoms with Crippen molar-refractivity contribution in [3.8, 4) is 11.5 Å². The number of carbonyl (C=O) groups is 1. The number of aryl methyl sites for hydroxylation is 1. The molecule has 5 heteroatoms. The standard InChI is InChI=1S/C14H10ClFO3/c1-8-5-6-9(15)7-12(8)19-11-4-2-3-10(16)13(11)14(17)18/h2-7H,1H3,(H,17,18). The van der Waals surface area contributed by atoms with Gasteiger partial charge in [0.25, 0.3) is 0 Å². The predicted molar refractivity (Wildman–Crippen MR) is 69.6 cm³/mol. The highest BCUT2D eigenvalue weighted by atomic mass is 35.5. The average Bonchev–Trinajstić information content (AvgIpc) is 2.33. The normalized spacial score (nSPS) is 10.3. The monoisotopic (exact) mass is 280 g/mol. The van der Waals surface area contributed by atoms with E-state index in [9.17, 15) is 9.18 Å². The molecule has 0 aliphatic heterocycles. The zero-order valence-electron chi connectivity index (χ0n) is 9.98. The quantitative estimate of drug-likeness (QED) is 0.913. The van der Waals surface area contributed by atoms with Crippen molar-refractivity contribution < 1.29 is 19.0 Å². The molecule has 3 nitrogen and oxygen atoms in total. The molecular formula is C14H10ClFO3. The minimum Gasteiger partial charge on any atom is -0.477 e. The Kier molecular flexibility index (Phi) is 3.71. The molecule has 0 saturated carbocycles. The summed E-state index contributed by atoms with van der Waals surface area (Å²) in [5.74, 6) is -1.89. The molecule has 0 atom stereocenters. The van der Waals surface area contributed by atoms with Crippen LogP contribution in [-0.2, 0) is 0 Å². The minimum atomic E-state index is -1.38. The largest absolute Gasteiger partial charge is 0.477 e. The maximum Gasteiger partial charge on any atom is 0.342 e. The fourth-order valence-electron chi connectivity index (χ4n) is 1.60. The van der Waals surface area contributed by atoms with Crippen LogP contribution in [0, 0.1) is 12.7 Å². The Morgan fingerprint density at radius 2 is 2.00 bits per heavy atom. The second-order valence-corrected chi connectivity index (χ2v) is 4.37. The Labute approximate surface area is 114 Å². The Morgan fingerprint density at radius 3 is 2.68 bits per heavy atom. The Balaban J connectivity index is 2.46. The van der Waals surface area contributed by atoms with E-state index in [4.69, 9.17) is 21.4 Å². The van der Waals surface area contributed by atoms with Gasteiger partial charge in [0.1, 0.15) is 22.9 Å². The summed E-state index contributed by atoms with van der Waals surface area (Å²) >= 11 is 5.85. The summed E-state index contributed by atoms with van der Waals surface area (Å²) in [4.78, 5) is 11.0. The smallest absolute Gasteiger partial charge is 0.342 e. The molecule has 2 aromatic rings. The van der Waals surface area contributed by atoms with Crippen LogP contribution in [0.3, 0.4) is 0 Å². The van der Waals surface area contributed by atoms with Crippen molar-refractivity contribution in [3.63, 3.8) is 0 Å². The number of carboxylic acids is 1. The Morgan fingerprint density at radius 1 is 1.26 bits per heavy atom. The van der Waals surface area contributed by atoms with Crippen LogP contribution < -0.4 is 4.74 Å². The lowest BCUT2D eigenvalue weighted by atomic mass is 10.2. The highest BCUT2D eigenvalue weighted by Crippen LogP contribution is 2.31. The Hall–Kier alpha value is -2.07. The SMILES string of the molecule is Cc1ccc(Cl)cc1Oc1cccc(F)c1C(=O)O. The molecule has 2 aromatic carbocycles. The van der Waals surface area contributed by atoms with Gasteiger partial charge in [-0.25, -0.2) is 9.18 Å². The van der Waals surface area contributed by atoms with Crippen molar-refractivity contribution in [2.75, 3.05) is 0 Å². The van der Waals surface area contributed by atoms with E-state index in [1.807, 2.05) is 0 Å². The summed E-state index contributed by atoms with van der Waals surface area (Å²) in [6.45, 7) is 1.78. The van der Waals surface area contributed by atoms with Gasteiger partial charge in [-0.15, -0.1) is 0 Å². The van der Waals surface area contributed by atoms with Crippen molar-refractivity contribution in [1.29, 1.82) is 0 Å². The van der Waals surface area contributed by atoms with Crippen LogP contribution >= 0.6 is 11.6 Å². The molecule has 1 N–H and O–H groups in total. The number of halogens is 2. The van der Waals surface area contributed by atoms with Gasteiger partial charge in [0, 0.05) is 5.02 Å². The zero-order valence-corrected chi connectivity index (χ0v) is 10.7. The first-order chi connectivity index (χ1) is 8.99. The maximum atomic E-state index is 13.5. The molecule has 0 aliphatic rings. The molecule has 2 rings (SSSR count). The van der Waals surface area contributed by atoms with Crippen LogP contribution in [0.4, 0.5) is 4.39 Å².